The predicted octanol–water partition coefficient (Wildman–Crippen LogP) is 2.20. The normalized spacial score (nSPS) is 15.8. The molecule has 4 heteroatoms. The number of rotatable bonds is 4. The molecule has 0 N–H and O–H groups in total. The second-order valence-corrected chi connectivity index (χ2v) is 5.50. The van der Waals surface area contributed by atoms with Crippen LogP contribution < -0.4 is 0 Å². The molecule has 1 aromatic carbocycles. The SMILES string of the molecule is Cc1nccn1CC1CN(Cc2ccc(C#N)cc2)C1. The molecule has 4 nitrogen and oxygen atoms in total. The number of aromatic nitrogens is 2. The number of likely N-dealkylation sites (tertiary alicyclic amines) is 1. The minimum atomic E-state index is 0.723. The summed E-state index contributed by atoms with van der Waals surface area (Å²) in [6.45, 7) is 6.36. The third kappa shape index (κ3) is 2.73. The zero-order valence-electron chi connectivity index (χ0n) is 11.7. The molecule has 1 fully saturated rings. The molecule has 102 valence electrons. The van der Waals surface area contributed by atoms with Gasteiger partial charge in [0.2, 0.25) is 0 Å². The van der Waals surface area contributed by atoms with Crippen LogP contribution in [-0.4, -0.2) is 27.5 Å². The molecule has 1 aliphatic rings. The standard InChI is InChI=1S/C16H18N4/c1-13-18-6-7-20(13)12-16-10-19(11-16)9-15-4-2-14(8-17)3-5-15/h2-7,16H,9-12H2,1H3. The maximum atomic E-state index is 8.78. The van der Waals surface area contributed by atoms with Gasteiger partial charge in [0.05, 0.1) is 11.6 Å². The Bertz CT molecular complexity index is 615. The molecule has 0 atom stereocenters. The molecule has 0 radical (unpaired) electrons. The summed E-state index contributed by atoms with van der Waals surface area (Å²) in [6, 6.07) is 10.0. The van der Waals surface area contributed by atoms with Gasteiger partial charge in [-0.05, 0) is 24.6 Å². The molecule has 20 heavy (non-hydrogen) atoms. The van der Waals surface area contributed by atoms with Gasteiger partial charge in [-0.2, -0.15) is 5.26 Å². The predicted molar refractivity (Wildman–Crippen MR) is 76.9 cm³/mol. The second-order valence-electron chi connectivity index (χ2n) is 5.50. The van der Waals surface area contributed by atoms with Crippen molar-refractivity contribution in [3.63, 3.8) is 0 Å². The summed E-state index contributed by atoms with van der Waals surface area (Å²) in [4.78, 5) is 6.70. The number of nitriles is 1. The first-order valence-corrected chi connectivity index (χ1v) is 6.94. The number of hydrogen-bond donors (Lipinski definition) is 0. The molecule has 1 aliphatic heterocycles. The maximum absolute atomic E-state index is 8.78. The monoisotopic (exact) mass is 266 g/mol. The Balaban J connectivity index is 1.48. The fourth-order valence-electron chi connectivity index (χ4n) is 2.74. The van der Waals surface area contributed by atoms with E-state index in [0.29, 0.717) is 0 Å². The molecule has 0 spiro atoms. The summed E-state index contributed by atoms with van der Waals surface area (Å²) in [5.74, 6) is 1.82. The van der Waals surface area contributed by atoms with Crippen molar-refractivity contribution >= 4 is 0 Å². The van der Waals surface area contributed by atoms with Gasteiger partial charge in [0, 0.05) is 44.5 Å². The van der Waals surface area contributed by atoms with Crippen LogP contribution in [0.3, 0.4) is 0 Å². The van der Waals surface area contributed by atoms with Crippen LogP contribution in [0.25, 0.3) is 0 Å². The minimum Gasteiger partial charge on any atom is -0.335 e. The van der Waals surface area contributed by atoms with E-state index in [2.05, 4.69) is 26.7 Å². The fraction of sp³-hybridized carbons (Fsp3) is 0.375. The smallest absolute Gasteiger partial charge is 0.105 e. The summed E-state index contributed by atoms with van der Waals surface area (Å²) < 4.78 is 2.23. The van der Waals surface area contributed by atoms with Gasteiger partial charge in [-0.25, -0.2) is 4.98 Å². The average Bonchev–Trinajstić information content (AvgIpc) is 2.82. The topological polar surface area (TPSA) is 44.9 Å². The van der Waals surface area contributed by atoms with Crippen molar-refractivity contribution < 1.29 is 0 Å². The van der Waals surface area contributed by atoms with E-state index in [9.17, 15) is 0 Å². The highest BCUT2D eigenvalue weighted by Crippen LogP contribution is 2.20. The van der Waals surface area contributed by atoms with Crippen LogP contribution in [0.1, 0.15) is 17.0 Å². The molecular formula is C16H18N4. The molecule has 1 saturated heterocycles. The van der Waals surface area contributed by atoms with Gasteiger partial charge in [-0.3, -0.25) is 4.90 Å². The van der Waals surface area contributed by atoms with Gasteiger partial charge in [0.15, 0.2) is 0 Å². The number of benzene rings is 1. The third-order valence-corrected chi connectivity index (χ3v) is 3.90. The minimum absolute atomic E-state index is 0.723. The van der Waals surface area contributed by atoms with Crippen molar-refractivity contribution in [2.45, 2.75) is 20.0 Å². The number of imidazole rings is 1. The summed E-state index contributed by atoms with van der Waals surface area (Å²) in [6.07, 6.45) is 3.92. The maximum Gasteiger partial charge on any atom is 0.105 e. The van der Waals surface area contributed by atoms with E-state index in [0.717, 1.165) is 43.5 Å². The molecule has 0 saturated carbocycles. The molecule has 2 heterocycles. The van der Waals surface area contributed by atoms with Crippen LogP contribution in [-0.2, 0) is 13.1 Å². The van der Waals surface area contributed by atoms with Gasteiger partial charge < -0.3 is 4.57 Å². The first kappa shape index (κ1) is 12.9. The van der Waals surface area contributed by atoms with Crippen LogP contribution in [0.15, 0.2) is 36.7 Å². The second kappa shape index (κ2) is 5.48. The van der Waals surface area contributed by atoms with Gasteiger partial charge in [-0.15, -0.1) is 0 Å². The molecule has 2 aromatic rings. The van der Waals surface area contributed by atoms with Crippen molar-refractivity contribution in [2.75, 3.05) is 13.1 Å². The highest BCUT2D eigenvalue weighted by Gasteiger charge is 2.26. The Morgan fingerprint density at radius 1 is 1.30 bits per heavy atom. The van der Waals surface area contributed by atoms with Crippen molar-refractivity contribution in [1.82, 2.24) is 14.5 Å². The molecule has 0 aliphatic carbocycles. The fourth-order valence-corrected chi connectivity index (χ4v) is 2.74. The van der Waals surface area contributed by atoms with Gasteiger partial charge in [-0.1, -0.05) is 12.1 Å². The summed E-state index contributed by atoms with van der Waals surface area (Å²) in [5.41, 5.74) is 2.01. The van der Waals surface area contributed by atoms with E-state index in [1.54, 1.807) is 0 Å². The lowest BCUT2D eigenvalue weighted by atomic mass is 9.99. The highest BCUT2D eigenvalue weighted by molar-refractivity contribution is 5.31. The van der Waals surface area contributed by atoms with Crippen molar-refractivity contribution in [2.24, 2.45) is 5.92 Å². The largest absolute Gasteiger partial charge is 0.335 e. The Labute approximate surface area is 119 Å². The molecule has 0 unspecified atom stereocenters. The highest BCUT2D eigenvalue weighted by atomic mass is 15.2. The molecular weight excluding hydrogens is 248 g/mol. The Hall–Kier alpha value is -2.12. The van der Waals surface area contributed by atoms with Gasteiger partial charge >= 0.3 is 0 Å². The first-order valence-electron chi connectivity index (χ1n) is 6.94. The van der Waals surface area contributed by atoms with Crippen LogP contribution in [0, 0.1) is 24.2 Å². The van der Waals surface area contributed by atoms with Crippen molar-refractivity contribution in [1.29, 1.82) is 5.26 Å². The average molecular weight is 266 g/mol. The Morgan fingerprint density at radius 2 is 2.05 bits per heavy atom. The molecule has 0 bridgehead atoms. The van der Waals surface area contributed by atoms with E-state index < -0.39 is 0 Å². The lowest BCUT2D eigenvalue weighted by Crippen LogP contribution is -2.47. The number of hydrogen-bond acceptors (Lipinski definition) is 3. The lowest BCUT2D eigenvalue weighted by molar-refractivity contribution is 0.0799. The van der Waals surface area contributed by atoms with Crippen LogP contribution in [0.4, 0.5) is 0 Å². The van der Waals surface area contributed by atoms with Crippen molar-refractivity contribution in [3.8, 4) is 6.07 Å². The Morgan fingerprint density at radius 3 is 2.65 bits per heavy atom. The summed E-state index contributed by atoms with van der Waals surface area (Å²) in [5, 5.41) is 8.78. The van der Waals surface area contributed by atoms with Crippen LogP contribution in [0.2, 0.25) is 0 Å². The Kier molecular flexibility index (Phi) is 3.53. The first-order chi connectivity index (χ1) is 9.74. The van der Waals surface area contributed by atoms with E-state index in [-0.39, 0.29) is 0 Å². The van der Waals surface area contributed by atoms with Crippen LogP contribution >= 0.6 is 0 Å². The lowest BCUT2D eigenvalue weighted by Gasteiger charge is -2.39. The number of nitrogens with zero attached hydrogens (tertiary/aromatic N) is 4. The zero-order valence-corrected chi connectivity index (χ0v) is 11.7. The molecule has 3 rings (SSSR count). The third-order valence-electron chi connectivity index (χ3n) is 3.90. The molecule has 0 amide bonds. The van der Waals surface area contributed by atoms with E-state index in [1.807, 2.05) is 37.4 Å². The van der Waals surface area contributed by atoms with Gasteiger partial charge in [0.25, 0.3) is 0 Å². The zero-order chi connectivity index (χ0) is 13.9. The quantitative estimate of drug-likeness (QED) is 0.852. The van der Waals surface area contributed by atoms with Crippen LogP contribution in [0.5, 0.6) is 0 Å². The number of aryl methyl sites for hydroxylation is 1. The van der Waals surface area contributed by atoms with E-state index in [1.165, 1.54) is 5.56 Å². The summed E-state index contributed by atoms with van der Waals surface area (Å²) in [7, 11) is 0. The van der Waals surface area contributed by atoms with Gasteiger partial charge in [0.1, 0.15) is 5.82 Å². The van der Waals surface area contributed by atoms with E-state index >= 15 is 0 Å². The molecule has 1 aromatic heterocycles. The van der Waals surface area contributed by atoms with E-state index in [4.69, 9.17) is 5.26 Å². The van der Waals surface area contributed by atoms with Crippen molar-refractivity contribution in [3.05, 3.63) is 53.6 Å². The summed E-state index contributed by atoms with van der Waals surface area (Å²) >= 11 is 0.